The lowest BCUT2D eigenvalue weighted by atomic mass is 10.4. The number of carbonyl (C=O) groups is 1. The van der Waals surface area contributed by atoms with Crippen molar-refractivity contribution in [2.75, 3.05) is 12.6 Å². The van der Waals surface area contributed by atoms with E-state index in [1.54, 1.807) is 6.08 Å². The summed E-state index contributed by atoms with van der Waals surface area (Å²) in [5.74, 6) is 0. The highest BCUT2D eigenvalue weighted by Gasteiger charge is 1.95. The third-order valence-corrected chi connectivity index (χ3v) is 0.913. The van der Waals surface area contributed by atoms with Gasteiger partial charge in [-0.3, -0.25) is 0 Å². The molecule has 0 unspecified atom stereocenters. The largest absolute Gasteiger partial charge is 0.433 e. The number of alkyl carbamates (subject to hydrolysis) is 1. The van der Waals surface area contributed by atoms with E-state index in [-0.39, 0.29) is 6.07 Å². The predicted octanol–water partition coefficient (Wildman–Crippen LogP) is 1.48. The molecule has 0 spiro atoms. The van der Waals surface area contributed by atoms with E-state index in [4.69, 9.17) is 11.6 Å². The van der Waals surface area contributed by atoms with E-state index in [9.17, 15) is 4.79 Å². The van der Waals surface area contributed by atoms with Gasteiger partial charge in [0, 0.05) is 6.54 Å². The predicted molar refractivity (Wildman–Crippen MR) is 40.0 cm³/mol. The van der Waals surface area contributed by atoms with Crippen LogP contribution in [0.2, 0.25) is 0 Å². The Kier molecular flexibility index (Phi) is 5.97. The van der Waals surface area contributed by atoms with Crippen LogP contribution in [-0.4, -0.2) is 18.7 Å². The molecule has 0 aliphatic rings. The second kappa shape index (κ2) is 6.42. The van der Waals surface area contributed by atoms with Crippen LogP contribution >= 0.6 is 11.6 Å². The van der Waals surface area contributed by atoms with Crippen molar-refractivity contribution in [1.29, 1.82) is 0 Å². The first-order chi connectivity index (χ1) is 4.81. The fourth-order valence-corrected chi connectivity index (χ4v) is 0.476. The lowest BCUT2D eigenvalue weighted by Gasteiger charge is -2.00. The molecule has 0 aliphatic heterocycles. The zero-order chi connectivity index (χ0) is 7.82. The molecule has 0 saturated heterocycles. The lowest BCUT2D eigenvalue weighted by molar-refractivity contribution is 0.165. The van der Waals surface area contributed by atoms with Crippen LogP contribution in [0.15, 0.2) is 12.7 Å². The Balaban J connectivity index is 3.13. The first-order valence-corrected chi connectivity index (χ1v) is 3.42. The highest BCUT2D eigenvalue weighted by Crippen LogP contribution is 1.81. The van der Waals surface area contributed by atoms with Crippen LogP contribution in [0.25, 0.3) is 0 Å². The number of rotatable bonds is 4. The molecular formula is C6H10ClNO2. The van der Waals surface area contributed by atoms with Crippen molar-refractivity contribution in [3.63, 3.8) is 0 Å². The van der Waals surface area contributed by atoms with Crippen LogP contribution in [0.1, 0.15) is 6.42 Å². The highest BCUT2D eigenvalue weighted by atomic mass is 35.5. The van der Waals surface area contributed by atoms with Crippen molar-refractivity contribution in [3.05, 3.63) is 12.7 Å². The summed E-state index contributed by atoms with van der Waals surface area (Å²) in [4.78, 5) is 10.5. The molecule has 0 aliphatic carbocycles. The molecule has 0 aromatic rings. The molecule has 0 radical (unpaired) electrons. The van der Waals surface area contributed by atoms with Gasteiger partial charge < -0.3 is 10.1 Å². The molecule has 1 N–H and O–H groups in total. The van der Waals surface area contributed by atoms with Crippen molar-refractivity contribution in [2.45, 2.75) is 6.42 Å². The van der Waals surface area contributed by atoms with Crippen molar-refractivity contribution in [1.82, 2.24) is 5.32 Å². The Labute approximate surface area is 65.0 Å². The molecule has 0 atom stereocenters. The van der Waals surface area contributed by atoms with E-state index in [2.05, 4.69) is 16.6 Å². The zero-order valence-electron chi connectivity index (χ0n) is 5.60. The van der Waals surface area contributed by atoms with E-state index in [1.807, 2.05) is 0 Å². The Morgan fingerprint density at radius 2 is 2.50 bits per heavy atom. The van der Waals surface area contributed by atoms with Gasteiger partial charge in [-0.15, -0.1) is 6.58 Å². The molecule has 0 heterocycles. The molecule has 58 valence electrons. The summed E-state index contributed by atoms with van der Waals surface area (Å²) in [6.45, 7) is 4.03. The monoisotopic (exact) mass is 163 g/mol. The summed E-state index contributed by atoms with van der Waals surface area (Å²) in [7, 11) is 0. The topological polar surface area (TPSA) is 38.3 Å². The van der Waals surface area contributed by atoms with Crippen LogP contribution in [0.3, 0.4) is 0 Å². The van der Waals surface area contributed by atoms with Gasteiger partial charge in [-0.1, -0.05) is 17.7 Å². The number of carbonyl (C=O) groups excluding carboxylic acids is 1. The maximum absolute atomic E-state index is 10.5. The van der Waals surface area contributed by atoms with E-state index < -0.39 is 6.09 Å². The number of nitrogens with one attached hydrogen (secondary N) is 1. The van der Waals surface area contributed by atoms with Crippen LogP contribution < -0.4 is 5.32 Å². The SMILES string of the molecule is C=CCCNC(=O)OCCl. The van der Waals surface area contributed by atoms with Gasteiger partial charge in [0.05, 0.1) is 0 Å². The highest BCUT2D eigenvalue weighted by molar-refractivity contribution is 6.17. The van der Waals surface area contributed by atoms with Gasteiger partial charge in [-0.25, -0.2) is 4.79 Å². The van der Waals surface area contributed by atoms with Crippen LogP contribution in [0.4, 0.5) is 4.79 Å². The van der Waals surface area contributed by atoms with Crippen molar-refractivity contribution in [2.24, 2.45) is 0 Å². The second-order valence-corrected chi connectivity index (χ2v) is 1.76. The van der Waals surface area contributed by atoms with Gasteiger partial charge >= 0.3 is 6.09 Å². The standard InChI is InChI=1S/C6H10ClNO2/c1-2-3-4-8-6(9)10-5-7/h2H,1,3-5H2,(H,8,9). The maximum Gasteiger partial charge on any atom is 0.408 e. The molecule has 0 aromatic carbocycles. The summed E-state index contributed by atoms with van der Waals surface area (Å²) in [5, 5.41) is 2.47. The average molecular weight is 164 g/mol. The quantitative estimate of drug-likeness (QED) is 0.387. The van der Waals surface area contributed by atoms with Gasteiger partial charge in [-0.05, 0) is 6.42 Å². The molecule has 0 rings (SSSR count). The van der Waals surface area contributed by atoms with Gasteiger partial charge in [0.15, 0.2) is 6.07 Å². The summed E-state index contributed by atoms with van der Waals surface area (Å²) >= 11 is 5.11. The smallest absolute Gasteiger partial charge is 0.408 e. The molecule has 0 fully saturated rings. The average Bonchev–Trinajstić information content (AvgIpc) is 1.89. The second-order valence-electron chi connectivity index (χ2n) is 1.55. The van der Waals surface area contributed by atoms with Crippen LogP contribution in [0, 0.1) is 0 Å². The van der Waals surface area contributed by atoms with Crippen molar-refractivity contribution < 1.29 is 9.53 Å². The number of alkyl halides is 1. The lowest BCUT2D eigenvalue weighted by Crippen LogP contribution is -2.24. The Bertz CT molecular complexity index is 116. The van der Waals surface area contributed by atoms with E-state index in [0.29, 0.717) is 6.54 Å². The third kappa shape index (κ3) is 5.44. The van der Waals surface area contributed by atoms with E-state index >= 15 is 0 Å². The third-order valence-electron chi connectivity index (χ3n) is 0.803. The Hall–Kier alpha value is -0.700. The van der Waals surface area contributed by atoms with E-state index in [0.717, 1.165) is 6.42 Å². The number of halogens is 1. The fraction of sp³-hybridized carbons (Fsp3) is 0.500. The van der Waals surface area contributed by atoms with Gasteiger partial charge in [0.25, 0.3) is 0 Å². The molecule has 0 saturated carbocycles. The minimum atomic E-state index is -0.489. The maximum atomic E-state index is 10.5. The summed E-state index contributed by atoms with van der Waals surface area (Å²) < 4.78 is 4.37. The van der Waals surface area contributed by atoms with Crippen LogP contribution in [0.5, 0.6) is 0 Å². The summed E-state index contributed by atoms with van der Waals surface area (Å²) in [6, 6.07) is -0.111. The molecular weight excluding hydrogens is 154 g/mol. The molecule has 10 heavy (non-hydrogen) atoms. The molecule has 0 bridgehead atoms. The first kappa shape index (κ1) is 9.30. The minimum Gasteiger partial charge on any atom is -0.433 e. The minimum absolute atomic E-state index is 0.111. The van der Waals surface area contributed by atoms with Crippen molar-refractivity contribution >= 4 is 17.7 Å². The summed E-state index contributed by atoms with van der Waals surface area (Å²) in [6.07, 6.45) is 1.95. The van der Waals surface area contributed by atoms with Crippen LogP contribution in [-0.2, 0) is 4.74 Å². The number of hydrogen-bond donors (Lipinski definition) is 1. The van der Waals surface area contributed by atoms with E-state index in [1.165, 1.54) is 0 Å². The zero-order valence-corrected chi connectivity index (χ0v) is 6.36. The van der Waals surface area contributed by atoms with Gasteiger partial charge in [-0.2, -0.15) is 0 Å². The first-order valence-electron chi connectivity index (χ1n) is 2.88. The summed E-state index contributed by atoms with van der Waals surface area (Å²) in [5.41, 5.74) is 0. The molecule has 3 nitrogen and oxygen atoms in total. The Morgan fingerprint density at radius 3 is 3.00 bits per heavy atom. The number of hydrogen-bond acceptors (Lipinski definition) is 2. The van der Waals surface area contributed by atoms with Crippen molar-refractivity contribution in [3.8, 4) is 0 Å². The molecule has 1 amide bonds. The number of amides is 1. The van der Waals surface area contributed by atoms with Gasteiger partial charge in [0.2, 0.25) is 0 Å². The fourth-order valence-electron chi connectivity index (χ4n) is 0.377. The van der Waals surface area contributed by atoms with Gasteiger partial charge in [0.1, 0.15) is 0 Å². The Morgan fingerprint density at radius 1 is 1.80 bits per heavy atom. The number of ether oxygens (including phenoxy) is 1. The molecule has 0 aromatic heterocycles. The normalized spacial score (nSPS) is 8.50. The molecule has 4 heteroatoms.